The Morgan fingerprint density at radius 2 is 2.00 bits per heavy atom. The van der Waals surface area contributed by atoms with E-state index in [1.807, 2.05) is 19.1 Å². The van der Waals surface area contributed by atoms with Crippen LogP contribution in [0.4, 0.5) is 0 Å². The molecule has 66 valence electrons. The van der Waals surface area contributed by atoms with Crippen LogP contribution in [-0.2, 0) is 0 Å². The van der Waals surface area contributed by atoms with Gasteiger partial charge in [0.05, 0.1) is 0 Å². The van der Waals surface area contributed by atoms with E-state index in [-0.39, 0.29) is 5.85 Å². The summed E-state index contributed by atoms with van der Waals surface area (Å²) >= 11 is 0. The minimum absolute atomic E-state index is 0.172. The summed E-state index contributed by atoms with van der Waals surface area (Å²) in [5.41, 5.74) is 2.50. The van der Waals surface area contributed by atoms with Crippen molar-refractivity contribution in [2.45, 2.75) is 26.6 Å². The van der Waals surface area contributed by atoms with E-state index in [9.17, 15) is 0 Å². The highest BCUT2D eigenvalue weighted by Crippen LogP contribution is 2.22. The van der Waals surface area contributed by atoms with Crippen molar-refractivity contribution in [1.82, 2.24) is 0 Å². The molecule has 0 radical (unpaired) electrons. The number of hydrogen-bond acceptors (Lipinski definition) is 1. The van der Waals surface area contributed by atoms with Gasteiger partial charge >= 0.3 is 0 Å². The molecule has 12 heavy (non-hydrogen) atoms. The Morgan fingerprint density at radius 3 is 2.58 bits per heavy atom. The van der Waals surface area contributed by atoms with E-state index in [4.69, 9.17) is 4.74 Å². The molecule has 0 bridgehead atoms. The number of rotatable bonds is 2. The van der Waals surface area contributed by atoms with Crippen LogP contribution in [0.1, 0.15) is 18.1 Å². The van der Waals surface area contributed by atoms with E-state index in [1.165, 1.54) is 11.1 Å². The second kappa shape index (κ2) is 3.91. The summed E-state index contributed by atoms with van der Waals surface area (Å²) in [4.78, 5) is 0. The molecule has 2 atom stereocenters. The van der Waals surface area contributed by atoms with Gasteiger partial charge in [-0.05, 0) is 38.0 Å². The van der Waals surface area contributed by atoms with Crippen LogP contribution in [-0.4, -0.2) is 5.85 Å². The van der Waals surface area contributed by atoms with Gasteiger partial charge in [0.15, 0.2) is 0 Å². The lowest BCUT2D eigenvalue weighted by atomic mass is 10.1. The average molecular weight is 182 g/mol. The van der Waals surface area contributed by atoms with Crippen molar-refractivity contribution in [3.8, 4) is 5.75 Å². The lowest BCUT2D eigenvalue weighted by molar-refractivity contribution is 0.305. The third-order valence-corrected chi connectivity index (χ3v) is 2.00. The molecule has 2 heteroatoms. The predicted molar refractivity (Wildman–Crippen MR) is 55.7 cm³/mol. The van der Waals surface area contributed by atoms with Gasteiger partial charge in [-0.3, -0.25) is 0 Å². The second-order valence-electron chi connectivity index (χ2n) is 3.02. The second-order valence-corrected chi connectivity index (χ2v) is 3.96. The zero-order valence-electron chi connectivity index (χ0n) is 7.79. The molecule has 0 spiro atoms. The lowest BCUT2D eigenvalue weighted by Crippen LogP contribution is -2.03. The van der Waals surface area contributed by atoms with Crippen LogP contribution in [0.15, 0.2) is 18.2 Å². The van der Waals surface area contributed by atoms with Crippen LogP contribution in [0.25, 0.3) is 0 Å². The molecule has 0 N–H and O–H groups in total. The quantitative estimate of drug-likeness (QED) is 0.639. The van der Waals surface area contributed by atoms with Crippen LogP contribution >= 0.6 is 9.24 Å². The molecule has 0 saturated carbocycles. The maximum Gasteiger partial charge on any atom is 0.123 e. The largest absolute Gasteiger partial charge is 0.487 e. The van der Waals surface area contributed by atoms with E-state index >= 15 is 0 Å². The fraction of sp³-hybridized carbons (Fsp3) is 0.400. The van der Waals surface area contributed by atoms with Crippen LogP contribution in [0.3, 0.4) is 0 Å². The molecule has 0 aliphatic rings. The van der Waals surface area contributed by atoms with Crippen LogP contribution in [0, 0.1) is 13.8 Å². The Hall–Kier alpha value is -0.550. The summed E-state index contributed by atoms with van der Waals surface area (Å²) in [6, 6.07) is 6.11. The predicted octanol–water partition coefficient (Wildman–Crippen LogP) is 2.90. The van der Waals surface area contributed by atoms with E-state index in [0.29, 0.717) is 0 Å². The smallest absolute Gasteiger partial charge is 0.123 e. The van der Waals surface area contributed by atoms with Gasteiger partial charge in [0.2, 0.25) is 0 Å². The first-order valence-electron chi connectivity index (χ1n) is 4.09. The summed E-state index contributed by atoms with van der Waals surface area (Å²) in [6.07, 6.45) is 0. The molecule has 0 saturated heterocycles. The Kier molecular flexibility index (Phi) is 3.11. The zero-order chi connectivity index (χ0) is 9.14. The minimum Gasteiger partial charge on any atom is -0.487 e. The lowest BCUT2D eigenvalue weighted by Gasteiger charge is -2.13. The summed E-state index contributed by atoms with van der Waals surface area (Å²) in [5, 5.41) is 0. The van der Waals surface area contributed by atoms with Gasteiger partial charge in [-0.25, -0.2) is 0 Å². The number of aryl methyl sites for hydroxylation is 1. The molecule has 0 aliphatic carbocycles. The van der Waals surface area contributed by atoms with E-state index in [0.717, 1.165) is 5.75 Å². The molecular formula is C10H15OP. The molecule has 0 heterocycles. The van der Waals surface area contributed by atoms with Crippen molar-refractivity contribution in [3.63, 3.8) is 0 Å². The third kappa shape index (κ3) is 2.22. The first kappa shape index (κ1) is 9.54. The molecule has 1 rings (SSSR count). The highest BCUT2D eigenvalue weighted by Gasteiger charge is 2.02. The van der Waals surface area contributed by atoms with Gasteiger partial charge in [0.1, 0.15) is 11.6 Å². The zero-order valence-corrected chi connectivity index (χ0v) is 8.95. The topological polar surface area (TPSA) is 9.23 Å². The van der Waals surface area contributed by atoms with Crippen molar-refractivity contribution < 1.29 is 4.74 Å². The van der Waals surface area contributed by atoms with Crippen molar-refractivity contribution in [1.29, 1.82) is 0 Å². The monoisotopic (exact) mass is 182 g/mol. The van der Waals surface area contributed by atoms with E-state index in [1.54, 1.807) is 0 Å². The van der Waals surface area contributed by atoms with Gasteiger partial charge in [-0.15, -0.1) is 0 Å². The highest BCUT2D eigenvalue weighted by molar-refractivity contribution is 7.17. The third-order valence-electron chi connectivity index (χ3n) is 1.87. The van der Waals surface area contributed by atoms with E-state index < -0.39 is 0 Å². The van der Waals surface area contributed by atoms with Crippen LogP contribution < -0.4 is 4.74 Å². The maximum absolute atomic E-state index is 5.59. The minimum atomic E-state index is 0.172. The summed E-state index contributed by atoms with van der Waals surface area (Å²) < 4.78 is 5.59. The molecule has 1 aromatic rings. The molecular weight excluding hydrogens is 167 g/mol. The van der Waals surface area contributed by atoms with Gasteiger partial charge < -0.3 is 4.74 Å². The van der Waals surface area contributed by atoms with Gasteiger partial charge in [0.25, 0.3) is 0 Å². The molecule has 0 fully saturated rings. The Labute approximate surface area is 76.3 Å². The van der Waals surface area contributed by atoms with Crippen molar-refractivity contribution in [2.75, 3.05) is 0 Å². The number of benzene rings is 1. The SMILES string of the molecule is Cc1cccc(OC(C)P)c1C. The first-order valence-corrected chi connectivity index (χ1v) is 4.76. The molecule has 0 amide bonds. The van der Waals surface area contributed by atoms with Crippen molar-refractivity contribution >= 4 is 9.24 Å². The fourth-order valence-electron chi connectivity index (χ4n) is 1.05. The fourth-order valence-corrected chi connectivity index (χ4v) is 1.20. The summed E-state index contributed by atoms with van der Waals surface area (Å²) in [6.45, 7) is 6.18. The summed E-state index contributed by atoms with van der Waals surface area (Å²) in [5.74, 6) is 1.16. The van der Waals surface area contributed by atoms with Crippen molar-refractivity contribution in [2.24, 2.45) is 0 Å². The average Bonchev–Trinajstić information content (AvgIpc) is 1.98. The Balaban J connectivity index is 2.92. The number of ether oxygens (including phenoxy) is 1. The molecule has 2 unspecified atom stereocenters. The molecule has 0 aliphatic heterocycles. The Morgan fingerprint density at radius 1 is 1.33 bits per heavy atom. The number of hydrogen-bond donors (Lipinski definition) is 0. The highest BCUT2D eigenvalue weighted by atomic mass is 31.0. The molecule has 1 aromatic carbocycles. The summed E-state index contributed by atoms with van der Waals surface area (Å²) in [7, 11) is 2.62. The van der Waals surface area contributed by atoms with Crippen LogP contribution in [0.2, 0.25) is 0 Å². The van der Waals surface area contributed by atoms with Gasteiger partial charge in [-0.2, -0.15) is 0 Å². The normalized spacial score (nSPS) is 12.7. The van der Waals surface area contributed by atoms with E-state index in [2.05, 4.69) is 29.2 Å². The van der Waals surface area contributed by atoms with Crippen LogP contribution in [0.5, 0.6) is 5.75 Å². The molecule has 1 nitrogen and oxygen atoms in total. The Bertz CT molecular complexity index is 269. The molecule has 0 aromatic heterocycles. The van der Waals surface area contributed by atoms with Crippen molar-refractivity contribution in [3.05, 3.63) is 29.3 Å². The van der Waals surface area contributed by atoms with Gasteiger partial charge in [0, 0.05) is 0 Å². The first-order chi connectivity index (χ1) is 5.61. The standard InChI is InChI=1S/C10H15OP/c1-7-5-4-6-10(8(7)2)11-9(3)12/h4-6,9H,12H2,1-3H3. The van der Waals surface area contributed by atoms with Gasteiger partial charge in [-0.1, -0.05) is 21.4 Å². The maximum atomic E-state index is 5.59.